The topological polar surface area (TPSA) is 145 Å². The molecule has 10 nitrogen and oxygen atoms in total. The highest BCUT2D eigenvalue weighted by molar-refractivity contribution is 7.90. The molecule has 1 saturated heterocycles. The van der Waals surface area contributed by atoms with Crippen molar-refractivity contribution >= 4 is 33.0 Å². The first-order chi connectivity index (χ1) is 17.1. The van der Waals surface area contributed by atoms with Crippen molar-refractivity contribution in [2.24, 2.45) is 5.73 Å². The minimum Gasteiger partial charge on any atom is -0.379 e. The van der Waals surface area contributed by atoms with Gasteiger partial charge in [-0.3, -0.25) is 14.5 Å². The smallest absolute Gasteiger partial charge is 0.241 e. The monoisotopic (exact) mass is 531 g/mol. The normalized spacial score (nSPS) is 21.8. The van der Waals surface area contributed by atoms with E-state index < -0.39 is 27.2 Å². The lowest BCUT2D eigenvalue weighted by molar-refractivity contribution is -0.127. The molecule has 2 atom stereocenters. The maximum atomic E-state index is 13.2. The number of ether oxygens (including phenoxy) is 1. The summed E-state index contributed by atoms with van der Waals surface area (Å²) >= 11 is 1.23. The number of primary amides is 1. The number of morpholine rings is 1. The molecule has 2 aliphatic rings. The molecule has 1 aliphatic carbocycles. The fourth-order valence-corrected chi connectivity index (χ4v) is 6.10. The molecule has 4 rings (SSSR count). The molecule has 1 aromatic heterocycles. The van der Waals surface area contributed by atoms with E-state index in [0.717, 1.165) is 11.8 Å². The van der Waals surface area contributed by atoms with Crippen LogP contribution in [0.3, 0.4) is 0 Å². The van der Waals surface area contributed by atoms with E-state index in [-0.39, 0.29) is 18.1 Å². The highest BCUT2D eigenvalue weighted by Crippen LogP contribution is 2.40. The maximum absolute atomic E-state index is 13.2. The Balaban J connectivity index is 1.67. The average molecular weight is 532 g/mol. The number of carbonyl (C=O) groups excluding carboxylic acids is 2. The third kappa shape index (κ3) is 5.72. The predicted octanol–water partition coefficient (Wildman–Crippen LogP) is 1.02. The molecule has 0 bridgehead atoms. The predicted molar refractivity (Wildman–Crippen MR) is 137 cm³/mol. The van der Waals surface area contributed by atoms with Crippen molar-refractivity contribution in [1.29, 1.82) is 0 Å². The molecule has 3 N–H and O–H groups in total. The van der Waals surface area contributed by atoms with E-state index in [1.165, 1.54) is 11.3 Å². The number of hydrogen-bond acceptors (Lipinski definition) is 9. The molecule has 0 spiro atoms. The molecule has 2 unspecified atom stereocenters. The number of allylic oxidation sites excluding steroid dienone is 2. The Morgan fingerprint density at radius 1 is 1.22 bits per heavy atom. The maximum Gasteiger partial charge on any atom is 0.241 e. The number of nitrogens with zero attached hydrogens (tertiary/aromatic N) is 3. The molecule has 0 saturated carbocycles. The molecule has 2 aromatic rings. The molecule has 2 heterocycles. The van der Waals surface area contributed by atoms with Crippen molar-refractivity contribution in [2.45, 2.75) is 24.8 Å². The minimum atomic E-state index is -3.42. The second-order valence-electron chi connectivity index (χ2n) is 9.01. The van der Waals surface area contributed by atoms with Gasteiger partial charge in [-0.15, -0.1) is 10.2 Å². The number of amides is 2. The average Bonchev–Trinajstić information content (AvgIpc) is 3.36. The van der Waals surface area contributed by atoms with E-state index in [9.17, 15) is 18.0 Å². The van der Waals surface area contributed by atoms with Crippen LogP contribution in [0.5, 0.6) is 0 Å². The molecule has 1 aromatic carbocycles. The van der Waals surface area contributed by atoms with Crippen LogP contribution in [0.2, 0.25) is 0 Å². The zero-order valence-corrected chi connectivity index (χ0v) is 21.8. The summed E-state index contributed by atoms with van der Waals surface area (Å²) in [6.07, 6.45) is 4.21. The van der Waals surface area contributed by atoms with E-state index in [1.807, 2.05) is 35.2 Å². The van der Waals surface area contributed by atoms with Crippen molar-refractivity contribution in [3.8, 4) is 10.6 Å². The van der Waals surface area contributed by atoms with Gasteiger partial charge in [-0.25, -0.2) is 8.42 Å². The zero-order valence-electron chi connectivity index (χ0n) is 20.1. The van der Waals surface area contributed by atoms with Crippen LogP contribution in [-0.2, 0) is 29.6 Å². The summed E-state index contributed by atoms with van der Waals surface area (Å²) in [4.78, 5) is 28.0. The van der Waals surface area contributed by atoms with Gasteiger partial charge in [-0.2, -0.15) is 0 Å². The molecule has 1 fully saturated rings. The van der Waals surface area contributed by atoms with E-state index >= 15 is 0 Å². The molecular weight excluding hydrogens is 502 g/mol. The highest BCUT2D eigenvalue weighted by Gasteiger charge is 2.44. The summed E-state index contributed by atoms with van der Waals surface area (Å²) in [7, 11) is -3.42. The van der Waals surface area contributed by atoms with Crippen molar-refractivity contribution in [2.75, 3.05) is 38.3 Å². The Morgan fingerprint density at radius 2 is 1.92 bits per heavy atom. The van der Waals surface area contributed by atoms with Gasteiger partial charge in [0.05, 0.1) is 25.0 Å². The van der Waals surface area contributed by atoms with Gasteiger partial charge in [0.2, 0.25) is 11.8 Å². The molecule has 192 valence electrons. The lowest BCUT2D eigenvalue weighted by Crippen LogP contribution is -2.50. The van der Waals surface area contributed by atoms with E-state index in [4.69, 9.17) is 10.5 Å². The zero-order chi connectivity index (χ0) is 25.9. The van der Waals surface area contributed by atoms with Gasteiger partial charge in [-0.05, 0) is 12.5 Å². The molecular formula is C24H29N5O5S2. The van der Waals surface area contributed by atoms with Crippen LogP contribution in [0.4, 0.5) is 0 Å². The third-order valence-corrected chi connectivity index (χ3v) is 8.33. The van der Waals surface area contributed by atoms with Crippen molar-refractivity contribution < 1.29 is 22.7 Å². The first kappa shape index (κ1) is 26.1. The number of rotatable bonds is 8. The van der Waals surface area contributed by atoms with Gasteiger partial charge in [0.1, 0.15) is 15.4 Å². The van der Waals surface area contributed by atoms with Crippen LogP contribution < -0.4 is 11.1 Å². The Kier molecular flexibility index (Phi) is 7.69. The number of nitrogens with two attached hydrogens (primary N) is 1. The summed E-state index contributed by atoms with van der Waals surface area (Å²) in [6.45, 7) is 4.08. The largest absolute Gasteiger partial charge is 0.379 e. The van der Waals surface area contributed by atoms with Crippen LogP contribution in [0.1, 0.15) is 18.4 Å². The molecule has 12 heteroatoms. The SMILES string of the molecule is CC(C(=O)NC1=C(CS(C)(=O)=O)C=CC(C(N)=O)(c2nnc(-c3ccccc3)s2)C1)N1CCOCC1. The van der Waals surface area contributed by atoms with Crippen LogP contribution >= 0.6 is 11.3 Å². The number of benzene rings is 1. The van der Waals surface area contributed by atoms with Gasteiger partial charge in [0.25, 0.3) is 0 Å². The quantitative estimate of drug-likeness (QED) is 0.514. The van der Waals surface area contributed by atoms with Crippen molar-refractivity contribution in [3.05, 3.63) is 58.8 Å². The van der Waals surface area contributed by atoms with Crippen molar-refractivity contribution in [3.63, 3.8) is 0 Å². The van der Waals surface area contributed by atoms with E-state index in [1.54, 1.807) is 19.1 Å². The lowest BCUT2D eigenvalue weighted by atomic mass is 9.78. The molecule has 2 amide bonds. The highest BCUT2D eigenvalue weighted by atomic mass is 32.2. The second-order valence-corrected chi connectivity index (χ2v) is 12.1. The number of hydrogen-bond donors (Lipinski definition) is 2. The number of carbonyl (C=O) groups is 2. The van der Waals surface area contributed by atoms with Crippen molar-refractivity contribution in [1.82, 2.24) is 20.4 Å². The first-order valence-corrected chi connectivity index (χ1v) is 14.4. The summed E-state index contributed by atoms with van der Waals surface area (Å²) < 4.78 is 29.6. The fraction of sp³-hybridized carbons (Fsp3) is 0.417. The summed E-state index contributed by atoms with van der Waals surface area (Å²) in [5.74, 6) is -1.25. The summed E-state index contributed by atoms with van der Waals surface area (Å²) in [6, 6.07) is 8.96. The number of sulfone groups is 1. The van der Waals surface area contributed by atoms with E-state index in [2.05, 4.69) is 15.5 Å². The van der Waals surface area contributed by atoms with E-state index in [0.29, 0.717) is 47.6 Å². The van der Waals surface area contributed by atoms with Gasteiger partial charge in [0, 0.05) is 37.0 Å². The van der Waals surface area contributed by atoms with Gasteiger partial charge >= 0.3 is 0 Å². The second kappa shape index (κ2) is 10.6. The third-order valence-electron chi connectivity index (χ3n) is 6.34. The summed E-state index contributed by atoms with van der Waals surface area (Å²) in [5.41, 5.74) is 6.11. The van der Waals surface area contributed by atoms with Gasteiger partial charge in [-0.1, -0.05) is 53.8 Å². The van der Waals surface area contributed by atoms with Crippen LogP contribution in [-0.4, -0.2) is 79.7 Å². The Bertz CT molecular complexity index is 1300. The Morgan fingerprint density at radius 3 is 2.56 bits per heavy atom. The number of aromatic nitrogens is 2. The lowest BCUT2D eigenvalue weighted by Gasteiger charge is -2.34. The van der Waals surface area contributed by atoms with Crippen LogP contribution in [0, 0.1) is 0 Å². The minimum absolute atomic E-state index is 0.0331. The Hall–Kier alpha value is -2.93. The van der Waals surface area contributed by atoms with Gasteiger partial charge in [0.15, 0.2) is 9.84 Å². The van der Waals surface area contributed by atoms with Gasteiger partial charge < -0.3 is 15.8 Å². The fourth-order valence-electron chi connectivity index (χ4n) is 4.24. The summed E-state index contributed by atoms with van der Waals surface area (Å²) in [5, 5.41) is 12.4. The number of nitrogens with one attached hydrogen (secondary N) is 1. The van der Waals surface area contributed by atoms with Crippen LogP contribution in [0.25, 0.3) is 10.6 Å². The molecule has 0 radical (unpaired) electrons. The molecule has 1 aliphatic heterocycles. The molecule has 36 heavy (non-hydrogen) atoms. The standard InChI is InChI=1S/C24H29N5O5S2/c1-16(29-10-12-34-13-11-29)20(30)26-19-14-24(22(25)31,9-8-18(19)15-36(2,32)33)23-28-27-21(35-23)17-6-4-3-5-7-17/h3-9,16H,10-15H2,1-2H3,(H2,25,31)(H,26,30). The van der Waals surface area contributed by atoms with Crippen LogP contribution in [0.15, 0.2) is 53.8 Å². The first-order valence-electron chi connectivity index (χ1n) is 11.5. The Labute approximate surface area is 214 Å².